The Morgan fingerprint density at radius 1 is 2.00 bits per heavy atom. The average molecular weight is 124 g/mol. The van der Waals surface area contributed by atoms with Crippen molar-refractivity contribution in [2.75, 3.05) is 0 Å². The summed E-state index contributed by atoms with van der Waals surface area (Å²) in [5.41, 5.74) is 0. The molecule has 0 rings (SSSR count). The van der Waals surface area contributed by atoms with Gasteiger partial charge in [0.1, 0.15) is 0 Å². The van der Waals surface area contributed by atoms with Gasteiger partial charge >= 0.3 is 0 Å². The van der Waals surface area contributed by atoms with Crippen LogP contribution in [0.25, 0.3) is 0 Å². The largest absolute Gasteiger partial charge is 0.370 e. The molecule has 0 saturated carbocycles. The van der Waals surface area contributed by atoms with Crippen molar-refractivity contribution in [2.45, 2.75) is 0 Å². The predicted octanol–water partition coefficient (Wildman–Crippen LogP) is -1.98. The van der Waals surface area contributed by atoms with Gasteiger partial charge in [0.25, 0.3) is 15.0 Å². The second kappa shape index (κ2) is 1.93. The molecule has 1 N–H and O–H groups in total. The van der Waals surface area contributed by atoms with Crippen molar-refractivity contribution >= 4 is 25.5 Å². The Bertz CT molecular complexity index is 74.9. The molecule has 0 aliphatic carbocycles. The van der Waals surface area contributed by atoms with Crippen LogP contribution in [0.1, 0.15) is 0 Å². The summed E-state index contributed by atoms with van der Waals surface area (Å²) in [6.07, 6.45) is 0. The lowest BCUT2D eigenvalue weighted by molar-refractivity contribution is 0.415. The van der Waals surface area contributed by atoms with Gasteiger partial charge in [-0.2, -0.15) is 0 Å². The van der Waals surface area contributed by atoms with Crippen LogP contribution < -0.4 is 0 Å². The minimum atomic E-state index is -3.08. The van der Waals surface area contributed by atoms with Crippen LogP contribution in [0.15, 0.2) is 0 Å². The Morgan fingerprint density at radius 3 is 2.17 bits per heavy atom. The molecular formula is H6BO3PSi. The van der Waals surface area contributed by atoms with Crippen LogP contribution in [0.5, 0.6) is 0 Å². The van der Waals surface area contributed by atoms with Crippen molar-refractivity contribution < 1.29 is 13.7 Å². The molecule has 1 atom stereocenters. The van der Waals surface area contributed by atoms with Crippen LogP contribution >= 0.6 is 7.47 Å². The van der Waals surface area contributed by atoms with Crippen LogP contribution in [-0.4, -0.2) is 22.9 Å². The summed E-state index contributed by atoms with van der Waals surface area (Å²) in [4.78, 5) is 8.19. The van der Waals surface area contributed by atoms with E-state index in [0.717, 1.165) is 0 Å². The van der Waals surface area contributed by atoms with Gasteiger partial charge in [0.15, 0.2) is 10.5 Å². The zero-order valence-corrected chi connectivity index (χ0v) is 6.61. The first-order valence-electron chi connectivity index (χ1n) is 1.42. The zero-order valence-electron chi connectivity index (χ0n) is 3.71. The van der Waals surface area contributed by atoms with Crippen molar-refractivity contribution in [1.29, 1.82) is 0 Å². The van der Waals surface area contributed by atoms with Gasteiger partial charge in [-0.25, -0.2) is 0 Å². The van der Waals surface area contributed by atoms with E-state index in [9.17, 15) is 4.57 Å². The third kappa shape index (κ3) is 4.43. The smallest absolute Gasteiger partial charge is 0.257 e. The van der Waals surface area contributed by atoms with Crippen molar-refractivity contribution in [3.63, 3.8) is 0 Å². The summed E-state index contributed by atoms with van der Waals surface area (Å²) in [6, 6.07) is 0. The summed E-state index contributed by atoms with van der Waals surface area (Å²) < 4.78 is 14.1. The summed E-state index contributed by atoms with van der Waals surface area (Å²) in [7, 11) is -1.58. The number of hydrogen-bond acceptors (Lipinski definition) is 2. The number of hydrogen-bond donors (Lipinski definition) is 1. The normalized spacial score (nSPS) is 20.2. The molecule has 0 amide bonds. The maximum atomic E-state index is 9.95. The van der Waals surface area contributed by atoms with Crippen molar-refractivity contribution in [3.05, 3.63) is 0 Å². The fourth-order valence-corrected chi connectivity index (χ4v) is 0. The maximum Gasteiger partial charge on any atom is 0.257 e. The van der Waals surface area contributed by atoms with Crippen LogP contribution in [0, 0.1) is 0 Å². The monoisotopic (exact) mass is 124 g/mol. The predicted molar refractivity (Wildman–Crippen MR) is 29.4 cm³/mol. The first kappa shape index (κ1) is 6.43. The molecule has 0 heterocycles. The zero-order chi connectivity index (χ0) is 5.21. The fourth-order valence-electron chi connectivity index (χ4n) is 0. The average Bonchev–Trinajstić information content (AvgIpc) is 1.35. The van der Waals surface area contributed by atoms with E-state index in [-0.39, 0.29) is 0 Å². The SMILES string of the molecule is BP(=O)(O)O[SiH3]. The summed E-state index contributed by atoms with van der Waals surface area (Å²) >= 11 is 0. The highest BCUT2D eigenvalue weighted by Crippen LogP contribution is 2.32. The molecule has 0 aromatic carbocycles. The molecule has 6 heavy (non-hydrogen) atoms. The number of rotatable bonds is 1. The van der Waals surface area contributed by atoms with Gasteiger partial charge < -0.3 is 9.11 Å². The van der Waals surface area contributed by atoms with Crippen LogP contribution in [0.4, 0.5) is 0 Å². The lowest BCUT2D eigenvalue weighted by atomic mass is 10.8. The highest BCUT2D eigenvalue weighted by Gasteiger charge is 2.01. The topological polar surface area (TPSA) is 46.5 Å². The Hall–Kier alpha value is 0.432. The van der Waals surface area contributed by atoms with E-state index in [1.807, 2.05) is 0 Å². The molecule has 0 spiro atoms. The van der Waals surface area contributed by atoms with E-state index < -0.39 is 7.47 Å². The van der Waals surface area contributed by atoms with Gasteiger partial charge in [0, 0.05) is 0 Å². The Labute approximate surface area is 40.1 Å². The van der Waals surface area contributed by atoms with Crippen molar-refractivity contribution in [3.8, 4) is 0 Å². The highest BCUT2D eigenvalue weighted by atomic mass is 31.2. The van der Waals surface area contributed by atoms with Gasteiger partial charge in [0.05, 0.1) is 0 Å². The first-order chi connectivity index (χ1) is 2.56. The molecule has 36 valence electrons. The molecule has 0 saturated heterocycles. The highest BCUT2D eigenvalue weighted by molar-refractivity contribution is 7.79. The fraction of sp³-hybridized carbons (Fsp3) is 0. The minimum absolute atomic E-state index is 0.335. The molecule has 3 nitrogen and oxygen atoms in total. The molecular weight excluding hydrogens is 118 g/mol. The Kier molecular flexibility index (Phi) is 2.07. The van der Waals surface area contributed by atoms with Gasteiger partial charge in [-0.3, -0.25) is 4.57 Å². The molecule has 0 bridgehead atoms. The summed E-state index contributed by atoms with van der Waals surface area (Å²) in [5.74, 6) is 0. The molecule has 0 aromatic heterocycles. The Balaban J connectivity index is 3.48. The lowest BCUT2D eigenvalue weighted by Crippen LogP contribution is -1.79. The van der Waals surface area contributed by atoms with Gasteiger partial charge in [-0.05, 0) is 0 Å². The van der Waals surface area contributed by atoms with Gasteiger partial charge in [-0.1, -0.05) is 0 Å². The third-order valence-corrected chi connectivity index (χ3v) is 3.05. The van der Waals surface area contributed by atoms with E-state index in [4.69, 9.17) is 4.89 Å². The second-order valence-corrected chi connectivity index (χ2v) is 4.05. The second-order valence-electron chi connectivity index (χ2n) is 0.986. The van der Waals surface area contributed by atoms with E-state index in [2.05, 4.69) is 4.21 Å². The molecule has 0 aliphatic rings. The molecule has 0 radical (unpaired) electrons. The van der Waals surface area contributed by atoms with Crippen molar-refractivity contribution in [1.82, 2.24) is 0 Å². The summed E-state index contributed by atoms with van der Waals surface area (Å²) in [6.45, 7) is 0. The van der Waals surface area contributed by atoms with E-state index in [1.54, 1.807) is 0 Å². The lowest BCUT2D eigenvalue weighted by Gasteiger charge is -1.97. The van der Waals surface area contributed by atoms with E-state index in [0.29, 0.717) is 10.5 Å². The summed E-state index contributed by atoms with van der Waals surface area (Å²) in [5, 5.41) is 0. The Morgan fingerprint density at radius 2 is 2.17 bits per heavy atom. The van der Waals surface area contributed by atoms with Crippen LogP contribution in [0.3, 0.4) is 0 Å². The first-order valence-corrected chi connectivity index (χ1v) is 4.26. The van der Waals surface area contributed by atoms with E-state index in [1.165, 1.54) is 7.57 Å². The molecule has 0 aromatic rings. The minimum Gasteiger partial charge on any atom is -0.370 e. The van der Waals surface area contributed by atoms with Crippen molar-refractivity contribution in [2.24, 2.45) is 0 Å². The molecule has 0 fully saturated rings. The van der Waals surface area contributed by atoms with Gasteiger partial charge in [-0.15, -0.1) is 0 Å². The maximum absolute atomic E-state index is 9.95. The standard InChI is InChI=1S/BH6O3PSi/c1-5(2,3)4-6/h1H2,6H3,(H,2,3). The quantitative estimate of drug-likeness (QED) is 0.325. The molecule has 1 unspecified atom stereocenters. The van der Waals surface area contributed by atoms with E-state index >= 15 is 0 Å². The molecule has 6 heteroatoms. The van der Waals surface area contributed by atoms with Gasteiger partial charge in [0.2, 0.25) is 0 Å². The van der Waals surface area contributed by atoms with Crippen LogP contribution in [-0.2, 0) is 8.78 Å². The van der Waals surface area contributed by atoms with Crippen LogP contribution in [0.2, 0.25) is 0 Å². The molecule has 0 aliphatic heterocycles. The third-order valence-electron chi connectivity index (χ3n) is 0.339.